The van der Waals surface area contributed by atoms with Gasteiger partial charge in [0.2, 0.25) is 5.91 Å². The number of thioether (sulfide) groups is 1. The zero-order valence-electron chi connectivity index (χ0n) is 14.0. The molecule has 11 heteroatoms. The van der Waals surface area contributed by atoms with Crippen LogP contribution in [0.4, 0.5) is 9.59 Å². The van der Waals surface area contributed by atoms with Gasteiger partial charge in [0.05, 0.1) is 0 Å². The first-order valence-electron chi connectivity index (χ1n) is 5.62. The first kappa shape index (κ1) is 32.0. The first-order valence-corrected chi connectivity index (χ1v) is 7.25. The van der Waals surface area contributed by atoms with Gasteiger partial charge in [-0.2, -0.15) is 11.8 Å². The SMILES string of the molecule is CC(=O)O.CC(N)=O.CNC(=O)NC.CNC(=O)O.CSC. The highest BCUT2D eigenvalue weighted by atomic mass is 32.2. The molecule has 0 aromatic rings. The van der Waals surface area contributed by atoms with Gasteiger partial charge >= 0.3 is 12.1 Å². The van der Waals surface area contributed by atoms with Gasteiger partial charge in [-0.25, -0.2) is 9.59 Å². The summed E-state index contributed by atoms with van der Waals surface area (Å²) >= 11 is 1.75. The Morgan fingerprint density at radius 3 is 1.00 bits per heavy atom. The number of primary amides is 1. The fourth-order valence-corrected chi connectivity index (χ4v) is 0.125. The van der Waals surface area contributed by atoms with Gasteiger partial charge in [0, 0.05) is 35.0 Å². The Balaban J connectivity index is -0.0000000559. The Morgan fingerprint density at radius 2 is 1.00 bits per heavy atom. The average Bonchev–Trinajstić information content (AvgIpc) is 2.38. The molecule has 0 unspecified atom stereocenters. The second-order valence-corrected chi connectivity index (χ2v) is 3.74. The van der Waals surface area contributed by atoms with Gasteiger partial charge in [0.25, 0.3) is 5.97 Å². The summed E-state index contributed by atoms with van der Waals surface area (Å²) < 4.78 is 0. The Kier molecular flexibility index (Phi) is 45.5. The molecule has 0 aromatic heterocycles. The summed E-state index contributed by atoms with van der Waals surface area (Å²) in [7, 11) is 4.49. The minimum absolute atomic E-state index is 0.157. The molecule has 134 valence electrons. The molecule has 0 aliphatic heterocycles. The molecular weight excluding hydrogens is 316 g/mol. The number of hydrogen-bond acceptors (Lipinski definition) is 5. The molecule has 10 nitrogen and oxygen atoms in total. The highest BCUT2D eigenvalue weighted by molar-refractivity contribution is 7.97. The third kappa shape index (κ3) is 344. The quantitative estimate of drug-likeness (QED) is 0.358. The maximum absolute atomic E-state index is 9.96. The lowest BCUT2D eigenvalue weighted by molar-refractivity contribution is -0.134. The number of nitrogens with one attached hydrogen (secondary N) is 3. The van der Waals surface area contributed by atoms with Crippen LogP contribution in [-0.4, -0.2) is 67.9 Å². The number of amides is 4. The Hall–Kier alpha value is -2.17. The molecule has 0 aliphatic rings. The molecule has 0 saturated carbocycles. The Labute approximate surface area is 135 Å². The highest BCUT2D eigenvalue weighted by Gasteiger charge is 1.81. The van der Waals surface area contributed by atoms with Crippen LogP contribution < -0.4 is 21.7 Å². The summed E-state index contributed by atoms with van der Waals surface area (Å²) in [5.41, 5.74) is 4.47. The number of nitrogens with two attached hydrogens (primary N) is 1. The van der Waals surface area contributed by atoms with Crippen molar-refractivity contribution in [3.63, 3.8) is 0 Å². The van der Waals surface area contributed by atoms with Gasteiger partial charge in [-0.05, 0) is 12.5 Å². The molecule has 0 fully saturated rings. The smallest absolute Gasteiger partial charge is 0.404 e. The van der Waals surface area contributed by atoms with Crippen LogP contribution in [0.5, 0.6) is 0 Å². The van der Waals surface area contributed by atoms with Crippen molar-refractivity contribution in [1.82, 2.24) is 16.0 Å². The molecule has 7 N–H and O–H groups in total. The van der Waals surface area contributed by atoms with E-state index in [4.69, 9.17) is 15.0 Å². The second-order valence-electron chi connectivity index (χ2n) is 2.92. The van der Waals surface area contributed by atoms with Crippen LogP contribution in [0.2, 0.25) is 0 Å². The van der Waals surface area contributed by atoms with Gasteiger partial charge in [-0.3, -0.25) is 9.59 Å². The van der Waals surface area contributed by atoms with Gasteiger partial charge < -0.3 is 31.9 Å². The second kappa shape index (κ2) is 31.3. The summed E-state index contributed by atoms with van der Waals surface area (Å²) in [6.07, 6.45) is 3.09. The van der Waals surface area contributed by atoms with Gasteiger partial charge in [-0.1, -0.05) is 0 Å². The highest BCUT2D eigenvalue weighted by Crippen LogP contribution is 1.70. The van der Waals surface area contributed by atoms with E-state index in [0.717, 1.165) is 6.92 Å². The number of urea groups is 1. The normalized spacial score (nSPS) is 6.50. The zero-order chi connectivity index (χ0) is 19.1. The number of hydrogen-bond donors (Lipinski definition) is 6. The summed E-state index contributed by atoms with van der Waals surface area (Å²) in [4.78, 5) is 37.4. The van der Waals surface area contributed by atoms with E-state index in [2.05, 4.69) is 16.4 Å². The van der Waals surface area contributed by atoms with Crippen molar-refractivity contribution >= 4 is 35.8 Å². The van der Waals surface area contributed by atoms with Crippen molar-refractivity contribution < 1.29 is 29.4 Å². The predicted molar refractivity (Wildman–Crippen MR) is 88.2 cm³/mol. The number of carbonyl (C=O) groups is 4. The van der Waals surface area contributed by atoms with Gasteiger partial charge in [0.15, 0.2) is 0 Å². The number of rotatable bonds is 0. The fourth-order valence-electron chi connectivity index (χ4n) is 0.125. The van der Waals surface area contributed by atoms with Crippen LogP contribution in [0.15, 0.2) is 0 Å². The van der Waals surface area contributed by atoms with Crippen LogP contribution in [0, 0.1) is 0 Å². The minimum atomic E-state index is -0.995. The third-order valence-electron chi connectivity index (χ3n) is 0.668. The van der Waals surface area contributed by atoms with E-state index in [1.54, 1.807) is 25.9 Å². The third-order valence-corrected chi connectivity index (χ3v) is 0.668. The Morgan fingerprint density at radius 1 is 0.864 bits per heavy atom. The molecular formula is C11H28N4O6S. The van der Waals surface area contributed by atoms with E-state index in [-0.39, 0.29) is 11.9 Å². The van der Waals surface area contributed by atoms with Crippen LogP contribution >= 0.6 is 11.8 Å². The van der Waals surface area contributed by atoms with E-state index < -0.39 is 12.1 Å². The van der Waals surface area contributed by atoms with Crippen LogP contribution in [0.1, 0.15) is 13.8 Å². The van der Waals surface area contributed by atoms with Crippen molar-refractivity contribution in [2.45, 2.75) is 13.8 Å². The molecule has 0 aromatic carbocycles. The summed E-state index contributed by atoms with van der Waals surface area (Å²) in [6.45, 7) is 2.39. The molecule has 0 saturated heterocycles. The minimum Gasteiger partial charge on any atom is -0.481 e. The van der Waals surface area contributed by atoms with Gasteiger partial charge in [-0.15, -0.1) is 0 Å². The molecule has 0 rings (SSSR count). The summed E-state index contributed by atoms with van der Waals surface area (Å²) in [6, 6.07) is -0.157. The van der Waals surface area contributed by atoms with Gasteiger partial charge in [0.1, 0.15) is 0 Å². The lowest BCUT2D eigenvalue weighted by Crippen LogP contribution is -2.28. The van der Waals surface area contributed by atoms with Crippen molar-refractivity contribution in [3.05, 3.63) is 0 Å². The van der Waals surface area contributed by atoms with E-state index in [9.17, 15) is 14.4 Å². The fraction of sp³-hybridized carbons (Fsp3) is 0.636. The van der Waals surface area contributed by atoms with Crippen LogP contribution in [-0.2, 0) is 9.59 Å². The standard InChI is InChI=1S/C3H8N2O.C2H5NO2.C2H5NO.C2H4O2.C2H6S/c1-4-3(6)5-2;1-3-2(4)5;2*1-2(3)4;1-3-2/h1-2H3,(H2,4,5,6);3H,1H3,(H,4,5);1H3,(H2,3,4);1H3,(H,3,4);1-2H3. The van der Waals surface area contributed by atoms with E-state index in [1.165, 1.54) is 14.0 Å². The largest absolute Gasteiger partial charge is 0.481 e. The summed E-state index contributed by atoms with van der Waals surface area (Å²) in [5, 5.41) is 21.7. The van der Waals surface area contributed by atoms with Crippen molar-refractivity contribution in [1.29, 1.82) is 0 Å². The lowest BCUT2D eigenvalue weighted by atomic mass is 10.8. The molecule has 0 radical (unpaired) electrons. The number of carboxylic acids is 1. The Bertz CT molecular complexity index is 264. The zero-order valence-corrected chi connectivity index (χ0v) is 14.8. The number of aliphatic carboxylic acids is 1. The van der Waals surface area contributed by atoms with Crippen LogP contribution in [0.3, 0.4) is 0 Å². The first-order chi connectivity index (χ1) is 9.96. The molecule has 0 atom stereocenters. The average molecular weight is 344 g/mol. The van der Waals surface area contributed by atoms with Crippen LogP contribution in [0.25, 0.3) is 0 Å². The van der Waals surface area contributed by atoms with Crippen molar-refractivity contribution in [3.8, 4) is 0 Å². The predicted octanol–water partition coefficient (Wildman–Crippen LogP) is -0.00930. The van der Waals surface area contributed by atoms with E-state index in [1.807, 2.05) is 17.8 Å². The van der Waals surface area contributed by atoms with Crippen molar-refractivity contribution in [2.24, 2.45) is 5.73 Å². The maximum Gasteiger partial charge on any atom is 0.404 e. The molecule has 0 aliphatic carbocycles. The monoisotopic (exact) mass is 344 g/mol. The lowest BCUT2D eigenvalue weighted by Gasteiger charge is -1.91. The van der Waals surface area contributed by atoms with Crippen molar-refractivity contribution in [2.75, 3.05) is 33.7 Å². The van der Waals surface area contributed by atoms with E-state index in [0.29, 0.717) is 0 Å². The molecule has 4 amide bonds. The maximum atomic E-state index is 9.96. The topological polar surface area (TPSA) is 171 Å². The molecule has 0 bridgehead atoms. The molecule has 22 heavy (non-hydrogen) atoms. The van der Waals surface area contributed by atoms with E-state index >= 15 is 0 Å². The molecule has 0 spiro atoms. The summed E-state index contributed by atoms with van der Waals surface area (Å²) in [5.74, 6) is -1.17. The number of carbonyl (C=O) groups excluding carboxylic acids is 2. The number of carboxylic acid groups (broad SMARTS) is 2. The molecule has 0 heterocycles.